The van der Waals surface area contributed by atoms with Gasteiger partial charge in [-0.15, -0.1) is 0 Å². The minimum atomic E-state index is -0.371. The van der Waals surface area contributed by atoms with Gasteiger partial charge in [-0.05, 0) is 54.7 Å². The molecule has 1 aliphatic carbocycles. The fraction of sp³-hybridized carbons (Fsp3) is 0.375. The van der Waals surface area contributed by atoms with Gasteiger partial charge >= 0.3 is 0 Å². The quantitative estimate of drug-likeness (QED) is 0.308. The molecule has 0 radical (unpaired) electrons. The van der Waals surface area contributed by atoms with Crippen LogP contribution in [0.5, 0.6) is 0 Å². The summed E-state index contributed by atoms with van der Waals surface area (Å²) in [4.78, 5) is 30.8. The second-order valence-electron chi connectivity index (χ2n) is 8.14. The van der Waals surface area contributed by atoms with Crippen molar-refractivity contribution in [2.24, 2.45) is 11.8 Å². The lowest BCUT2D eigenvalue weighted by molar-refractivity contribution is 0.102. The second kappa shape index (κ2) is 8.72. The van der Waals surface area contributed by atoms with Crippen LogP contribution in [0.15, 0.2) is 58.5 Å². The Labute approximate surface area is 179 Å². The molecule has 4 nitrogen and oxygen atoms in total. The number of nitrogens with zero attached hydrogens (tertiary/aromatic N) is 2. The van der Waals surface area contributed by atoms with Gasteiger partial charge in [-0.25, -0.2) is 9.37 Å². The van der Waals surface area contributed by atoms with Gasteiger partial charge in [-0.3, -0.25) is 14.2 Å². The van der Waals surface area contributed by atoms with E-state index in [-0.39, 0.29) is 29.0 Å². The van der Waals surface area contributed by atoms with Crippen LogP contribution in [0.2, 0.25) is 0 Å². The van der Waals surface area contributed by atoms with Crippen LogP contribution < -0.4 is 5.56 Å². The zero-order chi connectivity index (χ0) is 21.3. The van der Waals surface area contributed by atoms with Crippen molar-refractivity contribution in [1.29, 1.82) is 0 Å². The Hall–Kier alpha value is -2.47. The number of ketones is 1. The van der Waals surface area contributed by atoms with Crippen LogP contribution in [0.25, 0.3) is 10.9 Å². The van der Waals surface area contributed by atoms with Crippen molar-refractivity contribution in [3.05, 3.63) is 70.3 Å². The molecule has 2 aromatic carbocycles. The van der Waals surface area contributed by atoms with Crippen molar-refractivity contribution in [2.75, 3.05) is 5.75 Å². The van der Waals surface area contributed by atoms with Crippen molar-refractivity contribution in [1.82, 2.24) is 9.55 Å². The van der Waals surface area contributed by atoms with Crippen LogP contribution in [-0.2, 0) is 0 Å². The lowest BCUT2D eigenvalue weighted by Crippen LogP contribution is -2.35. The van der Waals surface area contributed by atoms with Crippen LogP contribution in [0.3, 0.4) is 0 Å². The number of fused-ring (bicyclic) bond motifs is 1. The maximum absolute atomic E-state index is 13.4. The molecule has 0 amide bonds. The number of carbonyl (C=O) groups excluding carboxylic acids is 1. The van der Waals surface area contributed by atoms with Crippen LogP contribution in [0.4, 0.5) is 4.39 Å². The van der Waals surface area contributed by atoms with Gasteiger partial charge in [-0.1, -0.05) is 50.6 Å². The summed E-state index contributed by atoms with van der Waals surface area (Å²) in [5.74, 6) is 0.545. The number of Topliss-reactive ketones (excluding diaryl/α,β-unsaturated/α-hetero) is 1. The number of hydrogen-bond acceptors (Lipinski definition) is 4. The van der Waals surface area contributed by atoms with Gasteiger partial charge in [0.05, 0.1) is 16.7 Å². The summed E-state index contributed by atoms with van der Waals surface area (Å²) in [5.41, 5.74) is 1.06. The Kier molecular flexibility index (Phi) is 6.04. The lowest BCUT2D eigenvalue weighted by Gasteiger charge is -2.36. The molecule has 0 bridgehead atoms. The van der Waals surface area contributed by atoms with E-state index in [2.05, 4.69) is 13.8 Å². The first kappa shape index (κ1) is 20.8. The first-order chi connectivity index (χ1) is 14.5. The van der Waals surface area contributed by atoms with Gasteiger partial charge < -0.3 is 0 Å². The standard InChI is InChI=1S/C24H25FN2O2S/c1-15-6-5-9-21(16(15)2)27-23(29)19-7-3-4-8-20(19)26-24(27)30-14-22(28)17-10-12-18(25)13-11-17/h3-4,7-8,10-13,15-16,21H,5-6,9,14H2,1-2H3/t15-,16+,21+/m0/s1. The Morgan fingerprint density at radius 3 is 2.63 bits per heavy atom. The summed E-state index contributed by atoms with van der Waals surface area (Å²) in [6.45, 7) is 4.44. The maximum Gasteiger partial charge on any atom is 0.262 e. The Balaban J connectivity index is 1.71. The minimum Gasteiger partial charge on any atom is -0.293 e. The van der Waals surface area contributed by atoms with Gasteiger partial charge in [0.2, 0.25) is 0 Å². The average molecular weight is 425 g/mol. The normalized spacial score (nSPS) is 21.6. The molecule has 0 aliphatic heterocycles. The third-order valence-electron chi connectivity index (χ3n) is 6.27. The highest BCUT2D eigenvalue weighted by atomic mass is 32.2. The molecule has 6 heteroatoms. The molecule has 30 heavy (non-hydrogen) atoms. The van der Waals surface area contributed by atoms with E-state index in [1.807, 2.05) is 28.8 Å². The number of halogens is 1. The highest BCUT2D eigenvalue weighted by molar-refractivity contribution is 7.99. The van der Waals surface area contributed by atoms with E-state index < -0.39 is 0 Å². The molecule has 3 aromatic rings. The fourth-order valence-corrected chi connectivity index (χ4v) is 5.23. The van der Waals surface area contributed by atoms with E-state index in [0.717, 1.165) is 12.8 Å². The Morgan fingerprint density at radius 2 is 1.87 bits per heavy atom. The van der Waals surface area contributed by atoms with Gasteiger partial charge in [0.25, 0.3) is 5.56 Å². The van der Waals surface area contributed by atoms with Crippen LogP contribution in [0, 0.1) is 17.7 Å². The molecule has 4 rings (SSSR count). The zero-order valence-corrected chi connectivity index (χ0v) is 18.0. The van der Waals surface area contributed by atoms with E-state index in [1.54, 1.807) is 0 Å². The minimum absolute atomic E-state index is 0.0386. The topological polar surface area (TPSA) is 52.0 Å². The SMILES string of the molecule is C[C@H]1[C@H](n2c(SCC(=O)c3ccc(F)cc3)nc3ccccc3c2=O)CCC[C@@H]1C. The highest BCUT2D eigenvalue weighted by Gasteiger charge is 2.31. The summed E-state index contributed by atoms with van der Waals surface area (Å²) in [7, 11) is 0. The van der Waals surface area contributed by atoms with Crippen molar-refractivity contribution >= 4 is 28.4 Å². The number of para-hydroxylation sites is 1. The number of hydrogen-bond donors (Lipinski definition) is 0. The van der Waals surface area contributed by atoms with Gasteiger partial charge in [0.15, 0.2) is 10.9 Å². The predicted molar refractivity (Wildman–Crippen MR) is 119 cm³/mol. The molecule has 0 saturated heterocycles. The molecule has 0 N–H and O–H groups in total. The van der Waals surface area contributed by atoms with E-state index in [1.165, 1.54) is 42.4 Å². The molecule has 156 valence electrons. The summed E-state index contributed by atoms with van der Waals surface area (Å²) in [5, 5.41) is 1.19. The third kappa shape index (κ3) is 4.06. The third-order valence-corrected chi connectivity index (χ3v) is 7.22. The highest BCUT2D eigenvalue weighted by Crippen LogP contribution is 2.38. The maximum atomic E-state index is 13.4. The summed E-state index contributed by atoms with van der Waals surface area (Å²) in [6.07, 6.45) is 3.18. The van der Waals surface area contributed by atoms with E-state index in [9.17, 15) is 14.0 Å². The number of carbonyl (C=O) groups is 1. The average Bonchev–Trinajstić information content (AvgIpc) is 2.75. The van der Waals surface area contributed by atoms with Crippen LogP contribution in [0.1, 0.15) is 49.5 Å². The van der Waals surface area contributed by atoms with Crippen LogP contribution in [-0.4, -0.2) is 21.1 Å². The van der Waals surface area contributed by atoms with Gasteiger partial charge in [0.1, 0.15) is 5.82 Å². The monoisotopic (exact) mass is 424 g/mol. The molecular formula is C24H25FN2O2S. The summed E-state index contributed by atoms with van der Waals surface area (Å²) in [6, 6.07) is 13.0. The Morgan fingerprint density at radius 1 is 1.13 bits per heavy atom. The molecule has 1 heterocycles. The summed E-state index contributed by atoms with van der Waals surface area (Å²) < 4.78 is 15.0. The molecule has 0 spiro atoms. The molecule has 0 unspecified atom stereocenters. The van der Waals surface area contributed by atoms with Gasteiger partial charge in [0, 0.05) is 11.6 Å². The molecule has 3 atom stereocenters. The fourth-order valence-electron chi connectivity index (χ4n) is 4.29. The number of thioether (sulfide) groups is 1. The molecular weight excluding hydrogens is 399 g/mol. The van der Waals surface area contributed by atoms with Crippen LogP contribution >= 0.6 is 11.8 Å². The number of aromatic nitrogens is 2. The van der Waals surface area contributed by atoms with Crippen molar-refractivity contribution in [3.8, 4) is 0 Å². The van der Waals surface area contributed by atoms with Crippen molar-refractivity contribution in [2.45, 2.75) is 44.3 Å². The molecule has 1 saturated carbocycles. The first-order valence-electron chi connectivity index (χ1n) is 10.4. The molecule has 1 aliphatic rings. The molecule has 1 fully saturated rings. The zero-order valence-electron chi connectivity index (χ0n) is 17.2. The van der Waals surface area contributed by atoms with Gasteiger partial charge in [-0.2, -0.15) is 0 Å². The smallest absolute Gasteiger partial charge is 0.262 e. The largest absolute Gasteiger partial charge is 0.293 e. The summed E-state index contributed by atoms with van der Waals surface area (Å²) >= 11 is 1.29. The first-order valence-corrected chi connectivity index (χ1v) is 11.4. The second-order valence-corrected chi connectivity index (χ2v) is 9.08. The molecule has 1 aromatic heterocycles. The van der Waals surface area contributed by atoms with Crippen molar-refractivity contribution in [3.63, 3.8) is 0 Å². The van der Waals surface area contributed by atoms with E-state index in [4.69, 9.17) is 4.98 Å². The van der Waals surface area contributed by atoms with E-state index in [0.29, 0.717) is 33.5 Å². The predicted octanol–water partition coefficient (Wildman–Crippen LogP) is 5.51. The number of benzene rings is 2. The number of rotatable bonds is 5. The van der Waals surface area contributed by atoms with Crippen molar-refractivity contribution < 1.29 is 9.18 Å². The Bertz CT molecular complexity index is 1130. The lowest BCUT2D eigenvalue weighted by atomic mass is 9.78. The van der Waals surface area contributed by atoms with E-state index >= 15 is 0 Å².